The average molecular weight is 196 g/mol. The minimum atomic E-state index is -0.429. The number of esters is 2. The second-order valence-electron chi connectivity index (χ2n) is 2.56. The summed E-state index contributed by atoms with van der Waals surface area (Å²) in [4.78, 5) is 22.1. The van der Waals surface area contributed by atoms with Crippen molar-refractivity contribution < 1.29 is 20.5 Å². The molecule has 0 aliphatic rings. The van der Waals surface area contributed by atoms with Crippen LogP contribution in [-0.4, -0.2) is 26.2 Å². The molecule has 0 aliphatic heterocycles. The number of methoxy groups -OCH3 is 2. The highest BCUT2D eigenvalue weighted by molar-refractivity contribution is 5.93. The zero-order valence-corrected chi connectivity index (χ0v) is 7.94. The summed E-state index contributed by atoms with van der Waals surface area (Å²) in [6.07, 6.45) is 0. The molecule has 0 unspecified atom stereocenters. The summed E-state index contributed by atoms with van der Waals surface area (Å²) >= 11 is 0. The highest BCUT2D eigenvalue weighted by atomic mass is 16.5. The SMILES string of the molecule is COC(=O)c1ccc(C(=O)OC)cc1.[HH]. The molecule has 0 bridgehead atoms. The fourth-order valence-corrected chi connectivity index (χ4v) is 0.978. The zero-order valence-electron chi connectivity index (χ0n) is 7.94. The maximum atomic E-state index is 11.0. The topological polar surface area (TPSA) is 52.6 Å². The van der Waals surface area contributed by atoms with Gasteiger partial charge in [-0.15, -0.1) is 0 Å². The Morgan fingerprint density at radius 2 is 1.21 bits per heavy atom. The van der Waals surface area contributed by atoms with Crippen molar-refractivity contribution in [3.8, 4) is 0 Å². The summed E-state index contributed by atoms with van der Waals surface area (Å²) in [5.41, 5.74) is 0.806. The fourth-order valence-electron chi connectivity index (χ4n) is 0.978. The van der Waals surface area contributed by atoms with Crippen molar-refractivity contribution in [2.24, 2.45) is 0 Å². The molecule has 0 saturated heterocycles. The van der Waals surface area contributed by atoms with Gasteiger partial charge in [0.25, 0.3) is 0 Å². The van der Waals surface area contributed by atoms with Crippen LogP contribution in [0.3, 0.4) is 0 Å². The van der Waals surface area contributed by atoms with Crippen molar-refractivity contribution in [3.63, 3.8) is 0 Å². The first-order valence-electron chi connectivity index (χ1n) is 3.95. The Morgan fingerprint density at radius 1 is 0.929 bits per heavy atom. The van der Waals surface area contributed by atoms with Gasteiger partial charge in [-0.2, -0.15) is 0 Å². The van der Waals surface area contributed by atoms with E-state index in [-0.39, 0.29) is 1.43 Å². The van der Waals surface area contributed by atoms with Crippen LogP contribution in [0.25, 0.3) is 0 Å². The van der Waals surface area contributed by atoms with E-state index in [0.717, 1.165) is 0 Å². The van der Waals surface area contributed by atoms with E-state index >= 15 is 0 Å². The molecule has 14 heavy (non-hydrogen) atoms. The first kappa shape index (κ1) is 10.2. The molecule has 0 spiro atoms. The predicted molar refractivity (Wildman–Crippen MR) is 51.2 cm³/mol. The lowest BCUT2D eigenvalue weighted by Gasteiger charge is -2.00. The van der Waals surface area contributed by atoms with Gasteiger partial charge in [0.15, 0.2) is 0 Å². The zero-order chi connectivity index (χ0) is 10.6. The van der Waals surface area contributed by atoms with Crippen LogP contribution in [0.4, 0.5) is 0 Å². The minimum Gasteiger partial charge on any atom is -0.465 e. The van der Waals surface area contributed by atoms with Gasteiger partial charge in [0, 0.05) is 1.43 Å². The molecule has 0 fully saturated rings. The van der Waals surface area contributed by atoms with Crippen molar-refractivity contribution >= 4 is 11.9 Å². The van der Waals surface area contributed by atoms with Crippen molar-refractivity contribution in [2.75, 3.05) is 14.2 Å². The fraction of sp³-hybridized carbons (Fsp3) is 0.200. The summed E-state index contributed by atoms with van der Waals surface area (Å²) < 4.78 is 9.02. The minimum absolute atomic E-state index is 0. The molecule has 0 amide bonds. The van der Waals surface area contributed by atoms with Crippen LogP contribution in [0.2, 0.25) is 0 Å². The lowest BCUT2D eigenvalue weighted by Crippen LogP contribution is -2.04. The van der Waals surface area contributed by atoms with Gasteiger partial charge >= 0.3 is 11.9 Å². The summed E-state index contributed by atoms with van der Waals surface area (Å²) in [6, 6.07) is 6.05. The molecular formula is C10H12O4. The molecule has 0 aliphatic carbocycles. The molecule has 1 aromatic rings. The van der Waals surface area contributed by atoms with Crippen molar-refractivity contribution in [3.05, 3.63) is 35.4 Å². The Bertz CT molecular complexity index is 310. The number of hydrogen-bond donors (Lipinski definition) is 0. The van der Waals surface area contributed by atoms with E-state index in [2.05, 4.69) is 9.47 Å². The van der Waals surface area contributed by atoms with E-state index in [9.17, 15) is 9.59 Å². The lowest BCUT2D eigenvalue weighted by atomic mass is 10.1. The quantitative estimate of drug-likeness (QED) is 0.673. The lowest BCUT2D eigenvalue weighted by molar-refractivity contribution is 0.0586. The second kappa shape index (κ2) is 4.41. The maximum absolute atomic E-state index is 11.0. The first-order chi connectivity index (χ1) is 6.69. The summed E-state index contributed by atoms with van der Waals surface area (Å²) in [5, 5.41) is 0. The van der Waals surface area contributed by atoms with Crippen LogP contribution in [0.5, 0.6) is 0 Å². The van der Waals surface area contributed by atoms with Gasteiger partial charge < -0.3 is 9.47 Å². The average Bonchev–Trinajstić information content (AvgIpc) is 2.27. The van der Waals surface area contributed by atoms with Crippen LogP contribution >= 0.6 is 0 Å². The smallest absolute Gasteiger partial charge is 0.337 e. The summed E-state index contributed by atoms with van der Waals surface area (Å²) in [7, 11) is 2.60. The molecule has 0 atom stereocenters. The van der Waals surface area contributed by atoms with Crippen LogP contribution in [-0.2, 0) is 9.47 Å². The van der Waals surface area contributed by atoms with E-state index in [1.807, 2.05) is 0 Å². The summed E-state index contributed by atoms with van der Waals surface area (Å²) in [5.74, 6) is -0.858. The molecule has 1 rings (SSSR count). The van der Waals surface area contributed by atoms with Crippen molar-refractivity contribution in [1.29, 1.82) is 0 Å². The molecule has 0 saturated carbocycles. The number of rotatable bonds is 2. The molecule has 0 radical (unpaired) electrons. The number of carbonyl (C=O) groups excluding carboxylic acids is 2. The Kier molecular flexibility index (Phi) is 3.23. The predicted octanol–water partition coefficient (Wildman–Crippen LogP) is 1.51. The normalized spacial score (nSPS) is 9.29. The molecule has 76 valence electrons. The Hall–Kier alpha value is -1.84. The molecule has 0 aromatic heterocycles. The van der Waals surface area contributed by atoms with E-state index in [1.54, 1.807) is 0 Å². The molecule has 4 heteroatoms. The van der Waals surface area contributed by atoms with Gasteiger partial charge in [0.2, 0.25) is 0 Å². The third-order valence-electron chi connectivity index (χ3n) is 1.73. The number of carbonyl (C=O) groups is 2. The van der Waals surface area contributed by atoms with Gasteiger partial charge in [-0.1, -0.05) is 0 Å². The van der Waals surface area contributed by atoms with E-state index < -0.39 is 11.9 Å². The monoisotopic (exact) mass is 196 g/mol. The molecule has 1 aromatic carbocycles. The number of ether oxygens (including phenoxy) is 2. The van der Waals surface area contributed by atoms with Gasteiger partial charge in [-0.25, -0.2) is 9.59 Å². The van der Waals surface area contributed by atoms with E-state index in [1.165, 1.54) is 38.5 Å². The second-order valence-corrected chi connectivity index (χ2v) is 2.56. The van der Waals surface area contributed by atoms with Gasteiger partial charge in [0.05, 0.1) is 25.3 Å². The molecule has 4 nitrogen and oxygen atoms in total. The highest BCUT2D eigenvalue weighted by Crippen LogP contribution is 2.06. The molecular weight excluding hydrogens is 184 g/mol. The Balaban J connectivity index is 0.00000196. The third-order valence-corrected chi connectivity index (χ3v) is 1.73. The van der Waals surface area contributed by atoms with E-state index in [0.29, 0.717) is 11.1 Å². The maximum Gasteiger partial charge on any atom is 0.337 e. The highest BCUT2D eigenvalue weighted by Gasteiger charge is 2.08. The van der Waals surface area contributed by atoms with Gasteiger partial charge in [0.1, 0.15) is 0 Å². The molecule has 0 N–H and O–H groups in total. The third kappa shape index (κ3) is 2.10. The van der Waals surface area contributed by atoms with Crippen LogP contribution in [0.1, 0.15) is 22.1 Å². The molecule has 0 heterocycles. The Labute approximate surface area is 82.9 Å². The van der Waals surface area contributed by atoms with Crippen LogP contribution in [0.15, 0.2) is 24.3 Å². The van der Waals surface area contributed by atoms with Crippen molar-refractivity contribution in [2.45, 2.75) is 0 Å². The Morgan fingerprint density at radius 3 is 1.43 bits per heavy atom. The van der Waals surface area contributed by atoms with Gasteiger partial charge in [-0.05, 0) is 24.3 Å². The number of benzene rings is 1. The first-order valence-corrected chi connectivity index (χ1v) is 3.95. The largest absolute Gasteiger partial charge is 0.465 e. The number of hydrogen-bond acceptors (Lipinski definition) is 4. The summed E-state index contributed by atoms with van der Waals surface area (Å²) in [6.45, 7) is 0. The van der Waals surface area contributed by atoms with Crippen LogP contribution < -0.4 is 0 Å². The standard InChI is InChI=1S/C10H10O4.H2/c1-13-9(11)7-3-5-8(6-4-7)10(12)14-2;/h3-6H,1-2H3;1H. The van der Waals surface area contributed by atoms with Crippen molar-refractivity contribution in [1.82, 2.24) is 0 Å². The van der Waals surface area contributed by atoms with Gasteiger partial charge in [-0.3, -0.25) is 0 Å². The van der Waals surface area contributed by atoms with Crippen LogP contribution in [0, 0.1) is 0 Å². The van der Waals surface area contributed by atoms with E-state index in [4.69, 9.17) is 0 Å².